The largest absolute Gasteiger partial charge is 0.508 e. The van der Waals surface area contributed by atoms with E-state index in [-0.39, 0.29) is 29.2 Å². The second-order valence-electron chi connectivity index (χ2n) is 7.84. The predicted molar refractivity (Wildman–Crippen MR) is 142 cm³/mol. The maximum atomic E-state index is 12.6. The minimum absolute atomic E-state index is 0.0584. The summed E-state index contributed by atoms with van der Waals surface area (Å²) < 4.78 is 1.06. The minimum atomic E-state index is -1.19. The molecule has 0 fully saturated rings. The number of halogens is 2. The molecule has 2 unspecified atom stereocenters. The Bertz CT molecular complexity index is 1210. The summed E-state index contributed by atoms with van der Waals surface area (Å²) in [6.07, 6.45) is -1.09. The molecule has 0 radical (unpaired) electrons. The number of carboxylic acid groups (broad SMARTS) is 1. The fourth-order valence-electron chi connectivity index (χ4n) is 3.34. The van der Waals surface area contributed by atoms with Gasteiger partial charge in [0.1, 0.15) is 11.5 Å². The molecule has 1 heterocycles. The molecule has 0 aliphatic carbocycles. The van der Waals surface area contributed by atoms with Crippen LogP contribution in [0.4, 0.5) is 5.69 Å². The number of phenols is 2. The van der Waals surface area contributed by atoms with Crippen LogP contribution in [0.3, 0.4) is 0 Å². The van der Waals surface area contributed by atoms with E-state index in [1.54, 1.807) is 6.07 Å². The lowest BCUT2D eigenvalue weighted by atomic mass is 10.0. The van der Waals surface area contributed by atoms with Crippen molar-refractivity contribution in [2.75, 3.05) is 25.0 Å². The van der Waals surface area contributed by atoms with Crippen molar-refractivity contribution >= 4 is 68.0 Å². The zero-order valence-corrected chi connectivity index (χ0v) is 22.3. The van der Waals surface area contributed by atoms with E-state index in [0.717, 1.165) is 0 Å². The monoisotopic (exact) mass is 675 g/mol. The van der Waals surface area contributed by atoms with Crippen molar-refractivity contribution in [3.63, 3.8) is 0 Å². The molecule has 0 aromatic heterocycles. The van der Waals surface area contributed by atoms with Crippen LogP contribution in [-0.4, -0.2) is 69.9 Å². The van der Waals surface area contributed by atoms with Crippen LogP contribution in [0.15, 0.2) is 39.8 Å². The van der Waals surface area contributed by atoms with Gasteiger partial charge in [-0.2, -0.15) is 0 Å². The second-order valence-corrected chi connectivity index (χ2v) is 9.92. The summed E-state index contributed by atoms with van der Waals surface area (Å²) in [5.74, 6) is -2.51. The van der Waals surface area contributed by atoms with Crippen LogP contribution in [0.25, 0.3) is 0 Å². The first-order chi connectivity index (χ1) is 17.0. The Morgan fingerprint density at radius 3 is 2.61 bits per heavy atom. The standard InChI is InChI=1S/C22H23BrIN5O7/c23-11-3-15(20(35)16(24)4-11)17(6-19(33)34)29-18(32)9-25-21(36)10-1-12(5-13(30)2-10)28-22-26-7-14(31)8-27-22/h1-5,14,17,30-31,35H,6-9H2,(H,25,36)(H,29,32)(H,33,34)(H2,26,27,28). The number of benzene rings is 2. The van der Waals surface area contributed by atoms with Crippen LogP contribution in [0.1, 0.15) is 28.4 Å². The van der Waals surface area contributed by atoms with Crippen molar-refractivity contribution in [2.45, 2.75) is 18.6 Å². The zero-order chi connectivity index (χ0) is 26.4. The van der Waals surface area contributed by atoms with Crippen molar-refractivity contribution in [3.05, 3.63) is 49.5 Å². The van der Waals surface area contributed by atoms with E-state index in [0.29, 0.717) is 26.2 Å². The average Bonchev–Trinajstić information content (AvgIpc) is 2.80. The molecule has 36 heavy (non-hydrogen) atoms. The molecule has 2 aromatic rings. The Labute approximate surface area is 227 Å². The number of nitrogens with one attached hydrogen (secondary N) is 4. The van der Waals surface area contributed by atoms with E-state index >= 15 is 0 Å². The highest BCUT2D eigenvalue weighted by molar-refractivity contribution is 14.1. The lowest BCUT2D eigenvalue weighted by Crippen LogP contribution is -2.42. The highest BCUT2D eigenvalue weighted by Gasteiger charge is 2.23. The summed E-state index contributed by atoms with van der Waals surface area (Å²) in [4.78, 5) is 40.6. The number of aliphatic imine (C=N–C) groups is 1. The molecule has 0 spiro atoms. The van der Waals surface area contributed by atoms with Gasteiger partial charge in [-0.25, -0.2) is 0 Å². The number of nitrogens with zero attached hydrogens (tertiary/aromatic N) is 1. The number of guanidine groups is 1. The van der Waals surface area contributed by atoms with E-state index < -0.39 is 42.9 Å². The van der Waals surface area contributed by atoms with Crippen LogP contribution in [0.5, 0.6) is 11.5 Å². The van der Waals surface area contributed by atoms with Gasteiger partial charge in [0.05, 0.1) is 35.2 Å². The van der Waals surface area contributed by atoms with E-state index in [1.807, 2.05) is 22.6 Å². The van der Waals surface area contributed by atoms with Gasteiger partial charge in [0.25, 0.3) is 5.91 Å². The van der Waals surface area contributed by atoms with E-state index in [1.165, 1.54) is 24.3 Å². The molecule has 192 valence electrons. The summed E-state index contributed by atoms with van der Waals surface area (Å²) in [6, 6.07) is 6.14. The Morgan fingerprint density at radius 1 is 1.19 bits per heavy atom. The number of carbonyl (C=O) groups is 3. The Kier molecular flexibility index (Phi) is 9.33. The van der Waals surface area contributed by atoms with Crippen LogP contribution >= 0.6 is 38.5 Å². The third-order valence-electron chi connectivity index (χ3n) is 4.96. The van der Waals surface area contributed by atoms with E-state index in [4.69, 9.17) is 0 Å². The molecular formula is C22H23BrIN5O7. The number of aliphatic carboxylic acids is 1. The van der Waals surface area contributed by atoms with Gasteiger partial charge in [0.15, 0.2) is 5.96 Å². The molecule has 0 saturated carbocycles. The third kappa shape index (κ3) is 7.69. The predicted octanol–water partition coefficient (Wildman–Crippen LogP) is 1.26. The van der Waals surface area contributed by atoms with Crippen molar-refractivity contribution < 1.29 is 34.8 Å². The molecule has 3 rings (SSSR count). The van der Waals surface area contributed by atoms with Crippen LogP contribution in [-0.2, 0) is 9.59 Å². The molecule has 1 aliphatic heterocycles. The number of carboxylic acids is 1. The first-order valence-electron chi connectivity index (χ1n) is 10.6. The summed E-state index contributed by atoms with van der Waals surface area (Å²) in [5.41, 5.74) is 0.628. The maximum Gasteiger partial charge on any atom is 0.305 e. The van der Waals surface area contributed by atoms with Crippen molar-refractivity contribution in [3.8, 4) is 11.5 Å². The molecule has 2 aromatic carbocycles. The second kappa shape index (κ2) is 12.2. The van der Waals surface area contributed by atoms with Gasteiger partial charge in [0, 0.05) is 33.9 Å². The number of anilines is 1. The number of hydrogen-bond donors (Lipinski definition) is 8. The first-order valence-corrected chi connectivity index (χ1v) is 12.4. The number of phenolic OH excluding ortho intramolecular Hbond substituents is 2. The molecule has 1 aliphatic rings. The lowest BCUT2D eigenvalue weighted by molar-refractivity contribution is -0.137. The van der Waals surface area contributed by atoms with Crippen LogP contribution < -0.4 is 21.3 Å². The van der Waals surface area contributed by atoms with Crippen LogP contribution in [0.2, 0.25) is 0 Å². The first kappa shape index (κ1) is 27.5. The van der Waals surface area contributed by atoms with Gasteiger partial charge in [-0.3, -0.25) is 19.4 Å². The van der Waals surface area contributed by atoms with Gasteiger partial charge in [-0.15, -0.1) is 0 Å². The highest BCUT2D eigenvalue weighted by Crippen LogP contribution is 2.34. The zero-order valence-electron chi connectivity index (χ0n) is 18.6. The SMILES string of the molecule is O=C(O)CC(NC(=O)CNC(=O)c1cc(O)cc(NC2=NCC(O)CN2)c1)c1cc(Br)cc(I)c1O. The van der Waals surface area contributed by atoms with E-state index in [2.05, 4.69) is 42.2 Å². The molecule has 8 N–H and O–H groups in total. The number of hydrogen-bond acceptors (Lipinski definition) is 9. The van der Waals surface area contributed by atoms with Gasteiger partial charge >= 0.3 is 5.97 Å². The van der Waals surface area contributed by atoms with Gasteiger partial charge < -0.3 is 41.7 Å². The summed E-state index contributed by atoms with van der Waals surface area (Å²) in [6.45, 7) is 0.0224. The van der Waals surface area contributed by atoms with Crippen molar-refractivity contribution in [1.82, 2.24) is 16.0 Å². The minimum Gasteiger partial charge on any atom is -0.508 e. The highest BCUT2D eigenvalue weighted by atomic mass is 127. The number of amides is 2. The average molecular weight is 676 g/mol. The number of β-amino-alcohol motifs (C(OH)–C–C–N with tert-alkyl or cyclic N) is 1. The maximum absolute atomic E-state index is 12.6. The van der Waals surface area contributed by atoms with Gasteiger partial charge in [0.2, 0.25) is 5.91 Å². The lowest BCUT2D eigenvalue weighted by Gasteiger charge is -2.20. The summed E-state index contributed by atoms with van der Waals surface area (Å²) in [7, 11) is 0. The fraction of sp³-hybridized carbons (Fsp3) is 0.273. The quantitative estimate of drug-likeness (QED) is 0.190. The van der Waals surface area contributed by atoms with Gasteiger partial charge in [-0.1, -0.05) is 15.9 Å². The number of aliphatic hydroxyl groups is 1. The topological polar surface area (TPSA) is 193 Å². The molecule has 12 nitrogen and oxygen atoms in total. The normalized spacial score (nSPS) is 15.8. The fourth-order valence-corrected chi connectivity index (χ4v) is 4.89. The Morgan fingerprint density at radius 2 is 1.94 bits per heavy atom. The van der Waals surface area contributed by atoms with Crippen molar-refractivity contribution in [2.24, 2.45) is 4.99 Å². The van der Waals surface area contributed by atoms with Crippen LogP contribution in [0, 0.1) is 3.57 Å². The molecular weight excluding hydrogens is 653 g/mol. The van der Waals surface area contributed by atoms with Crippen molar-refractivity contribution in [1.29, 1.82) is 0 Å². The molecule has 14 heteroatoms. The molecule has 2 amide bonds. The number of rotatable bonds is 8. The Balaban J connectivity index is 1.66. The number of carbonyl (C=O) groups excluding carboxylic acids is 2. The summed E-state index contributed by atoms with van der Waals surface area (Å²) >= 11 is 5.17. The smallest absolute Gasteiger partial charge is 0.305 e. The number of aromatic hydroxyl groups is 2. The summed E-state index contributed by atoms with van der Waals surface area (Å²) in [5, 5.41) is 49.9. The third-order valence-corrected chi connectivity index (χ3v) is 6.24. The Hall–Kier alpha value is -3.11. The molecule has 0 bridgehead atoms. The molecule has 0 saturated heterocycles. The molecule has 2 atom stereocenters. The number of aliphatic hydroxyl groups excluding tert-OH is 1. The van der Waals surface area contributed by atoms with E-state index in [9.17, 15) is 34.8 Å². The van der Waals surface area contributed by atoms with Gasteiger partial charge in [-0.05, 0) is 46.9 Å².